The number of amides is 1. The van der Waals surface area contributed by atoms with Crippen molar-refractivity contribution in [3.8, 4) is 5.69 Å². The molecule has 0 spiro atoms. The molecule has 2 atom stereocenters. The van der Waals surface area contributed by atoms with Crippen LogP contribution in [-0.4, -0.2) is 44.0 Å². The third kappa shape index (κ3) is 3.07. The van der Waals surface area contributed by atoms with Gasteiger partial charge in [0.1, 0.15) is 0 Å². The van der Waals surface area contributed by atoms with Crippen molar-refractivity contribution in [3.63, 3.8) is 0 Å². The summed E-state index contributed by atoms with van der Waals surface area (Å²) in [5, 5.41) is 14.5. The molecule has 1 N–H and O–H groups in total. The quantitative estimate of drug-likeness (QED) is 0.860. The Labute approximate surface area is 153 Å². The topological polar surface area (TPSA) is 58.4 Å². The highest BCUT2D eigenvalue weighted by Crippen LogP contribution is 2.35. The molecule has 2 unspecified atom stereocenters. The van der Waals surface area contributed by atoms with Crippen LogP contribution in [0, 0.1) is 0 Å². The van der Waals surface area contributed by atoms with Crippen LogP contribution >= 0.6 is 11.6 Å². The zero-order chi connectivity index (χ0) is 19.3. The van der Waals surface area contributed by atoms with E-state index in [0.717, 1.165) is 16.3 Å². The number of aromatic nitrogens is 2. The van der Waals surface area contributed by atoms with Gasteiger partial charge in [0, 0.05) is 29.6 Å². The largest absolute Gasteiger partial charge is 0.426 e. The van der Waals surface area contributed by atoms with Gasteiger partial charge in [0.25, 0.3) is 5.91 Å². The lowest BCUT2D eigenvalue weighted by molar-refractivity contribution is -0.250. The Balaban J connectivity index is 1.91. The summed E-state index contributed by atoms with van der Waals surface area (Å²) in [4.78, 5) is 13.3. The van der Waals surface area contributed by atoms with Crippen molar-refractivity contribution in [2.45, 2.75) is 38.1 Å². The highest BCUT2D eigenvalue weighted by Gasteiger charge is 2.57. The molecule has 140 valence electrons. The van der Waals surface area contributed by atoms with Gasteiger partial charge < -0.3 is 10.0 Å². The maximum Gasteiger partial charge on any atom is 0.426 e. The lowest BCUT2D eigenvalue weighted by Crippen LogP contribution is -2.57. The monoisotopic (exact) mass is 387 g/mol. The van der Waals surface area contributed by atoms with Gasteiger partial charge in [0.15, 0.2) is 0 Å². The molecule has 5 nitrogen and oxygen atoms in total. The van der Waals surface area contributed by atoms with Gasteiger partial charge in [-0.1, -0.05) is 18.5 Å². The molecule has 1 amide bonds. The summed E-state index contributed by atoms with van der Waals surface area (Å²) >= 11 is 5.89. The SMILES string of the molecule is CC1CN(C(=O)C(C)(O)C(F)(F)F)Cc2cnn(-c3ccc(Cl)cc3)c21. The molecule has 1 aliphatic heterocycles. The number of aliphatic hydroxyl groups is 1. The summed E-state index contributed by atoms with van der Waals surface area (Å²) < 4.78 is 40.6. The number of benzene rings is 1. The molecule has 2 aromatic rings. The minimum Gasteiger partial charge on any atom is -0.373 e. The summed E-state index contributed by atoms with van der Waals surface area (Å²) in [6.07, 6.45) is -3.51. The first-order valence-corrected chi connectivity index (χ1v) is 8.31. The van der Waals surface area contributed by atoms with Crippen molar-refractivity contribution in [1.29, 1.82) is 0 Å². The number of alkyl halides is 3. The van der Waals surface area contributed by atoms with E-state index in [1.807, 2.05) is 0 Å². The Kier molecular flexibility index (Phi) is 4.52. The molecule has 1 aromatic carbocycles. The van der Waals surface area contributed by atoms with Gasteiger partial charge in [-0.2, -0.15) is 18.3 Å². The lowest BCUT2D eigenvalue weighted by atomic mass is 9.95. The maximum atomic E-state index is 13.0. The Morgan fingerprint density at radius 1 is 1.31 bits per heavy atom. The third-order valence-corrected chi connectivity index (χ3v) is 4.79. The van der Waals surface area contributed by atoms with E-state index in [1.165, 1.54) is 6.20 Å². The van der Waals surface area contributed by atoms with E-state index in [-0.39, 0.29) is 19.0 Å². The van der Waals surface area contributed by atoms with Gasteiger partial charge in [0.2, 0.25) is 5.60 Å². The van der Waals surface area contributed by atoms with Crippen LogP contribution in [0.1, 0.15) is 31.0 Å². The van der Waals surface area contributed by atoms with Gasteiger partial charge in [-0.05, 0) is 31.2 Å². The molecule has 0 radical (unpaired) electrons. The summed E-state index contributed by atoms with van der Waals surface area (Å²) in [6, 6.07) is 7.01. The van der Waals surface area contributed by atoms with Crippen LogP contribution in [0.5, 0.6) is 0 Å². The Morgan fingerprint density at radius 2 is 1.92 bits per heavy atom. The highest BCUT2D eigenvalue weighted by molar-refractivity contribution is 6.30. The first-order chi connectivity index (χ1) is 12.0. The number of carbonyl (C=O) groups excluding carboxylic acids is 1. The Morgan fingerprint density at radius 3 is 2.50 bits per heavy atom. The Bertz CT molecular complexity index is 831. The van der Waals surface area contributed by atoms with Gasteiger partial charge >= 0.3 is 6.18 Å². The summed E-state index contributed by atoms with van der Waals surface area (Å²) in [7, 11) is 0. The van der Waals surface area contributed by atoms with E-state index in [2.05, 4.69) is 5.10 Å². The van der Waals surface area contributed by atoms with Crippen LogP contribution in [-0.2, 0) is 11.3 Å². The molecule has 1 aromatic heterocycles. The molecular formula is C17H17ClF3N3O2. The highest BCUT2D eigenvalue weighted by atomic mass is 35.5. The Hall–Kier alpha value is -2.06. The second-order valence-electron chi connectivity index (χ2n) is 6.60. The summed E-state index contributed by atoms with van der Waals surface area (Å²) in [5.74, 6) is -1.62. The number of carbonyl (C=O) groups is 1. The van der Waals surface area contributed by atoms with Gasteiger partial charge in [-0.25, -0.2) is 4.68 Å². The van der Waals surface area contributed by atoms with Crippen molar-refractivity contribution < 1.29 is 23.1 Å². The van der Waals surface area contributed by atoms with E-state index in [4.69, 9.17) is 11.6 Å². The smallest absolute Gasteiger partial charge is 0.373 e. The number of halogens is 4. The average molecular weight is 388 g/mol. The van der Waals surface area contributed by atoms with Crippen LogP contribution in [0.3, 0.4) is 0 Å². The molecule has 26 heavy (non-hydrogen) atoms. The molecule has 3 rings (SSSR count). The molecule has 0 aliphatic carbocycles. The van der Waals surface area contributed by atoms with Crippen molar-refractivity contribution in [1.82, 2.24) is 14.7 Å². The molecule has 1 aliphatic rings. The summed E-state index contributed by atoms with van der Waals surface area (Å²) in [6.45, 7) is 2.29. The second-order valence-corrected chi connectivity index (χ2v) is 7.04. The predicted octanol–water partition coefficient (Wildman–Crippen LogP) is 3.28. The normalized spacial score (nSPS) is 19.8. The van der Waals surface area contributed by atoms with Crippen LogP contribution in [0.25, 0.3) is 5.69 Å². The number of hydrogen-bond acceptors (Lipinski definition) is 3. The zero-order valence-corrected chi connectivity index (χ0v) is 14.8. The van der Waals surface area contributed by atoms with Crippen LogP contribution in [0.2, 0.25) is 5.02 Å². The molecule has 0 saturated heterocycles. The molecular weight excluding hydrogens is 371 g/mol. The van der Waals surface area contributed by atoms with Crippen molar-refractivity contribution in [2.24, 2.45) is 0 Å². The second kappa shape index (κ2) is 6.28. The number of nitrogens with zero attached hydrogens (tertiary/aromatic N) is 3. The average Bonchev–Trinajstić information content (AvgIpc) is 2.98. The van der Waals surface area contributed by atoms with Crippen molar-refractivity contribution in [3.05, 3.63) is 46.7 Å². The number of fused-ring (bicyclic) bond motifs is 1. The molecule has 9 heteroatoms. The molecule has 2 heterocycles. The zero-order valence-electron chi connectivity index (χ0n) is 14.1. The van der Waals surface area contributed by atoms with E-state index >= 15 is 0 Å². The minimum atomic E-state index is -5.04. The first-order valence-electron chi connectivity index (χ1n) is 7.93. The van der Waals surface area contributed by atoms with Gasteiger partial charge in [0.05, 0.1) is 17.6 Å². The van der Waals surface area contributed by atoms with Crippen LogP contribution in [0.4, 0.5) is 13.2 Å². The molecule has 0 saturated carbocycles. The first kappa shape index (κ1) is 18.7. The van der Waals surface area contributed by atoms with Crippen molar-refractivity contribution >= 4 is 17.5 Å². The summed E-state index contributed by atoms with van der Waals surface area (Å²) in [5.41, 5.74) is -1.19. The third-order valence-electron chi connectivity index (χ3n) is 4.54. The lowest BCUT2D eigenvalue weighted by Gasteiger charge is -2.36. The molecule has 0 fully saturated rings. The van der Waals surface area contributed by atoms with Gasteiger partial charge in [-0.15, -0.1) is 0 Å². The standard InChI is InChI=1S/C17H17ClF3N3O2/c1-10-8-23(15(25)16(2,26)17(19,20)21)9-11-7-22-24(14(10)11)13-5-3-12(18)4-6-13/h3-7,10,26H,8-9H2,1-2H3. The number of rotatable bonds is 2. The van der Waals surface area contributed by atoms with E-state index < -0.39 is 17.7 Å². The van der Waals surface area contributed by atoms with Crippen molar-refractivity contribution in [2.75, 3.05) is 6.54 Å². The van der Waals surface area contributed by atoms with E-state index in [0.29, 0.717) is 17.5 Å². The van der Waals surface area contributed by atoms with E-state index in [1.54, 1.807) is 35.9 Å². The van der Waals surface area contributed by atoms with Crippen LogP contribution in [0.15, 0.2) is 30.5 Å². The minimum absolute atomic E-state index is 0.0433. The molecule has 0 bridgehead atoms. The van der Waals surface area contributed by atoms with Gasteiger partial charge in [-0.3, -0.25) is 4.79 Å². The fourth-order valence-corrected chi connectivity index (χ4v) is 3.22. The maximum absolute atomic E-state index is 13.0. The van der Waals surface area contributed by atoms with Crippen LogP contribution < -0.4 is 0 Å². The predicted molar refractivity (Wildman–Crippen MR) is 89.1 cm³/mol. The van der Waals surface area contributed by atoms with E-state index in [9.17, 15) is 23.1 Å². The number of hydrogen-bond donors (Lipinski definition) is 1. The fraction of sp³-hybridized carbons (Fsp3) is 0.412. The fourth-order valence-electron chi connectivity index (χ4n) is 3.10.